The highest BCUT2D eigenvalue weighted by atomic mass is 16.7. The Balaban J connectivity index is 1.75. The van der Waals surface area contributed by atoms with E-state index in [0.29, 0.717) is 13.0 Å². The number of hydrogen-bond donors (Lipinski definition) is 7. The third-order valence-electron chi connectivity index (χ3n) is 13.0. The quantitative estimate of drug-likeness (QED) is 0.0174. The fourth-order valence-corrected chi connectivity index (χ4v) is 8.63. The first kappa shape index (κ1) is 60.9. The predicted octanol–water partition coefficient (Wildman–Crippen LogP) is 8.24. The van der Waals surface area contributed by atoms with E-state index in [9.17, 15) is 40.5 Å². The Hall–Kier alpha value is -1.27. The van der Waals surface area contributed by atoms with Crippen LogP contribution >= 0.6 is 0 Å². The molecule has 14 heteroatoms. The Bertz CT molecular complexity index is 1140. The van der Waals surface area contributed by atoms with E-state index in [-0.39, 0.29) is 25.6 Å². The lowest BCUT2D eigenvalue weighted by atomic mass is 9.98. The summed E-state index contributed by atoms with van der Waals surface area (Å²) in [4.78, 5) is 13.0. The third-order valence-corrected chi connectivity index (χ3v) is 13.0. The van der Waals surface area contributed by atoms with Gasteiger partial charge in [-0.25, -0.2) is 0 Å². The Labute approximate surface area is 399 Å². The number of carbonyl (C=O) groups excluding carboxylic acids is 1. The number of hydrogen-bond acceptors (Lipinski definition) is 14. The van der Waals surface area contributed by atoms with Gasteiger partial charge in [0.25, 0.3) is 0 Å². The van der Waals surface area contributed by atoms with Crippen LogP contribution in [0.15, 0.2) is 12.2 Å². The molecule has 0 aromatic rings. The normalized spacial score (nSPS) is 26.3. The number of esters is 1. The van der Waals surface area contributed by atoms with E-state index >= 15 is 0 Å². The zero-order valence-corrected chi connectivity index (χ0v) is 41.4. The molecule has 390 valence electrons. The monoisotopic (exact) mass is 947 g/mol. The molecule has 14 nitrogen and oxygen atoms in total. The van der Waals surface area contributed by atoms with Crippen molar-refractivity contribution in [2.45, 2.75) is 280 Å². The van der Waals surface area contributed by atoms with Gasteiger partial charge in [-0.3, -0.25) is 4.79 Å². The molecule has 0 saturated carbocycles. The molecule has 0 bridgehead atoms. The summed E-state index contributed by atoms with van der Waals surface area (Å²) in [5.41, 5.74) is 0. The molecule has 0 amide bonds. The molecule has 2 heterocycles. The first-order chi connectivity index (χ1) is 32.1. The molecule has 2 saturated heterocycles. The van der Waals surface area contributed by atoms with Gasteiger partial charge < -0.3 is 64.2 Å². The molecule has 66 heavy (non-hydrogen) atoms. The molecule has 0 aromatic heterocycles. The highest BCUT2D eigenvalue weighted by molar-refractivity contribution is 5.69. The van der Waals surface area contributed by atoms with E-state index < -0.39 is 80.7 Å². The van der Waals surface area contributed by atoms with Crippen molar-refractivity contribution >= 4 is 5.97 Å². The Morgan fingerprint density at radius 3 is 1.38 bits per heavy atom. The summed E-state index contributed by atoms with van der Waals surface area (Å²) in [6, 6.07) is 0. The van der Waals surface area contributed by atoms with Gasteiger partial charge in [0.05, 0.1) is 26.4 Å². The third kappa shape index (κ3) is 27.8. The minimum absolute atomic E-state index is 0.0629. The van der Waals surface area contributed by atoms with Crippen LogP contribution in [0.2, 0.25) is 0 Å². The van der Waals surface area contributed by atoms with Crippen molar-refractivity contribution in [3.05, 3.63) is 12.2 Å². The summed E-state index contributed by atoms with van der Waals surface area (Å²) < 4.78 is 34.3. The maximum absolute atomic E-state index is 13.0. The summed E-state index contributed by atoms with van der Waals surface area (Å²) in [7, 11) is 0. The van der Waals surface area contributed by atoms with E-state index in [1.54, 1.807) is 0 Å². The molecule has 11 unspecified atom stereocenters. The lowest BCUT2D eigenvalue weighted by Crippen LogP contribution is -2.61. The lowest BCUT2D eigenvalue weighted by Gasteiger charge is -2.42. The number of rotatable bonds is 43. The average Bonchev–Trinajstić information content (AvgIpc) is 3.31. The molecule has 11 atom stereocenters. The zero-order chi connectivity index (χ0) is 48.0. The van der Waals surface area contributed by atoms with Gasteiger partial charge in [0.1, 0.15) is 54.9 Å². The molecule has 2 aliphatic heterocycles. The van der Waals surface area contributed by atoms with Crippen molar-refractivity contribution in [3.63, 3.8) is 0 Å². The number of aliphatic hydroxyl groups is 7. The van der Waals surface area contributed by atoms with E-state index in [2.05, 4.69) is 26.0 Å². The van der Waals surface area contributed by atoms with Gasteiger partial charge in [-0.1, -0.05) is 180 Å². The number of aliphatic hydroxyl groups excluding tert-OH is 7. The first-order valence-corrected chi connectivity index (χ1v) is 26.8. The van der Waals surface area contributed by atoms with Gasteiger partial charge in [-0.2, -0.15) is 0 Å². The molecule has 2 rings (SSSR count). The fourth-order valence-electron chi connectivity index (χ4n) is 8.63. The van der Waals surface area contributed by atoms with Crippen molar-refractivity contribution in [2.75, 3.05) is 33.0 Å². The SMILES string of the molecule is CCCCCCC/C=C\CCCCCCCCOCC(COC1OC(COC2OC(CO)C(O)C(O)C2O)C(O)C(O)C1O)OC(=O)CCCCCCCCCCCCCCCCCCC. The Morgan fingerprint density at radius 1 is 0.485 bits per heavy atom. The van der Waals surface area contributed by atoms with Crippen LogP contribution in [-0.2, 0) is 33.2 Å². The molecule has 0 aromatic carbocycles. The highest BCUT2D eigenvalue weighted by Crippen LogP contribution is 2.26. The van der Waals surface area contributed by atoms with E-state index in [4.69, 9.17) is 28.4 Å². The van der Waals surface area contributed by atoms with Crippen molar-refractivity contribution in [2.24, 2.45) is 0 Å². The first-order valence-electron chi connectivity index (χ1n) is 26.8. The maximum Gasteiger partial charge on any atom is 0.306 e. The summed E-state index contributed by atoms with van der Waals surface area (Å²) in [5, 5.41) is 72.1. The fraction of sp³-hybridized carbons (Fsp3) is 0.942. The minimum Gasteiger partial charge on any atom is -0.457 e. The minimum atomic E-state index is -1.70. The second-order valence-corrected chi connectivity index (χ2v) is 19.1. The van der Waals surface area contributed by atoms with Crippen LogP contribution in [0.1, 0.15) is 213 Å². The molecule has 2 aliphatic rings. The standard InChI is InChI=1S/C52H98O14/c1-3-5-7-9-11-13-15-17-19-20-21-23-25-27-29-31-33-35-44(54)64-41(38-61-36-34-32-30-28-26-24-22-18-16-14-12-10-8-6-4-2)39-62-51-50(60)48(58)46(56)43(66-51)40-63-52-49(59)47(57)45(55)42(37-53)65-52/h16,18,41-43,45-53,55-60H,3-15,17,19-40H2,1-2H3/b18-16-. The number of unbranched alkanes of at least 4 members (excludes halogenated alkanes) is 27. The molecular formula is C52H98O14. The van der Waals surface area contributed by atoms with Crippen LogP contribution in [0.4, 0.5) is 0 Å². The van der Waals surface area contributed by atoms with Crippen LogP contribution in [0, 0.1) is 0 Å². The summed E-state index contributed by atoms with van der Waals surface area (Å²) in [6.07, 6.45) is 25.5. The van der Waals surface area contributed by atoms with Gasteiger partial charge in [-0.05, 0) is 38.5 Å². The van der Waals surface area contributed by atoms with Crippen molar-refractivity contribution in [3.8, 4) is 0 Å². The van der Waals surface area contributed by atoms with Gasteiger partial charge in [0.15, 0.2) is 12.6 Å². The topological polar surface area (TPSA) is 214 Å². The van der Waals surface area contributed by atoms with Gasteiger partial charge in [0.2, 0.25) is 0 Å². The molecule has 7 N–H and O–H groups in total. The molecular weight excluding hydrogens is 849 g/mol. The second-order valence-electron chi connectivity index (χ2n) is 19.1. The average molecular weight is 947 g/mol. The summed E-state index contributed by atoms with van der Waals surface area (Å²) in [5.74, 6) is -0.374. The zero-order valence-electron chi connectivity index (χ0n) is 41.4. The van der Waals surface area contributed by atoms with Crippen molar-refractivity contribution < 1.29 is 69.0 Å². The molecule has 0 spiro atoms. The second kappa shape index (κ2) is 40.5. The van der Waals surface area contributed by atoms with Crippen LogP contribution < -0.4 is 0 Å². The highest BCUT2D eigenvalue weighted by Gasteiger charge is 2.47. The number of carbonyl (C=O) groups is 1. The van der Waals surface area contributed by atoms with E-state index in [1.165, 1.54) is 141 Å². The molecule has 0 aliphatic carbocycles. The molecule has 0 radical (unpaired) electrons. The maximum atomic E-state index is 13.0. The van der Waals surface area contributed by atoms with Crippen LogP contribution in [-0.4, -0.2) is 142 Å². The van der Waals surface area contributed by atoms with E-state index in [0.717, 1.165) is 44.9 Å². The van der Waals surface area contributed by atoms with Gasteiger partial charge in [0, 0.05) is 13.0 Å². The predicted molar refractivity (Wildman–Crippen MR) is 257 cm³/mol. The Morgan fingerprint density at radius 2 is 0.894 bits per heavy atom. The lowest BCUT2D eigenvalue weighted by molar-refractivity contribution is -0.332. The van der Waals surface area contributed by atoms with Crippen LogP contribution in [0.3, 0.4) is 0 Å². The van der Waals surface area contributed by atoms with Crippen molar-refractivity contribution in [1.82, 2.24) is 0 Å². The number of allylic oxidation sites excluding steroid dienone is 2. The van der Waals surface area contributed by atoms with Gasteiger partial charge in [-0.15, -0.1) is 0 Å². The smallest absolute Gasteiger partial charge is 0.306 e. The van der Waals surface area contributed by atoms with E-state index in [1.807, 2.05) is 0 Å². The Kier molecular flexibility index (Phi) is 37.3. The van der Waals surface area contributed by atoms with Gasteiger partial charge >= 0.3 is 5.97 Å². The van der Waals surface area contributed by atoms with Crippen LogP contribution in [0.25, 0.3) is 0 Å². The van der Waals surface area contributed by atoms with Crippen LogP contribution in [0.5, 0.6) is 0 Å². The number of ether oxygens (including phenoxy) is 6. The largest absolute Gasteiger partial charge is 0.457 e. The van der Waals surface area contributed by atoms with Crippen molar-refractivity contribution in [1.29, 1.82) is 0 Å². The molecule has 2 fully saturated rings. The summed E-state index contributed by atoms with van der Waals surface area (Å²) in [6.45, 7) is 3.70. The summed E-state index contributed by atoms with van der Waals surface area (Å²) >= 11 is 0.